The van der Waals surface area contributed by atoms with Crippen molar-refractivity contribution in [2.75, 3.05) is 0 Å². The van der Waals surface area contributed by atoms with Crippen molar-refractivity contribution in [2.45, 2.75) is 13.0 Å². The number of aromatic amines is 1. The summed E-state index contributed by atoms with van der Waals surface area (Å²) in [6, 6.07) is 15.1. The first-order valence-corrected chi connectivity index (χ1v) is 8.16. The van der Waals surface area contributed by atoms with Gasteiger partial charge in [0.05, 0.1) is 6.54 Å². The van der Waals surface area contributed by atoms with Crippen LogP contribution < -0.4 is 5.32 Å². The molecule has 2 aromatic heterocycles. The summed E-state index contributed by atoms with van der Waals surface area (Å²) in [7, 11) is 0. The Kier molecular flexibility index (Phi) is 4.68. The number of aromatic nitrogens is 1. The molecule has 0 radical (unpaired) electrons. The zero-order valence-electron chi connectivity index (χ0n) is 12.4. The fourth-order valence-corrected chi connectivity index (χ4v) is 2.89. The molecule has 0 aliphatic heterocycles. The van der Waals surface area contributed by atoms with E-state index in [4.69, 9.17) is 0 Å². The van der Waals surface area contributed by atoms with Gasteiger partial charge in [-0.1, -0.05) is 36.4 Å². The molecule has 0 spiro atoms. The molecule has 3 aromatic rings. The number of carbonyl (C=O) groups is 2. The lowest BCUT2D eigenvalue weighted by molar-refractivity contribution is 0.0946. The summed E-state index contributed by atoms with van der Waals surface area (Å²) < 4.78 is 0. The van der Waals surface area contributed by atoms with Crippen LogP contribution in [0.1, 0.15) is 31.3 Å². The number of nitrogens with one attached hydrogen (secondary N) is 2. The standard InChI is InChI=1S/C18H16N2O2S/c21-17(9-13-5-2-1-3-6-13)14-10-16(19-11-14)18(22)20-12-15-7-4-8-23-15/h1-8,10-11,19H,9,12H2,(H,20,22). The fraction of sp³-hybridized carbons (Fsp3) is 0.111. The predicted molar refractivity (Wildman–Crippen MR) is 90.8 cm³/mol. The van der Waals surface area contributed by atoms with Crippen molar-refractivity contribution < 1.29 is 9.59 Å². The Morgan fingerprint density at radius 3 is 2.65 bits per heavy atom. The molecule has 1 aromatic carbocycles. The van der Waals surface area contributed by atoms with Gasteiger partial charge in [0.2, 0.25) is 0 Å². The summed E-state index contributed by atoms with van der Waals surface area (Å²) in [4.78, 5) is 28.3. The Hall–Kier alpha value is -2.66. The Labute approximate surface area is 138 Å². The zero-order chi connectivity index (χ0) is 16.1. The third-order valence-corrected chi connectivity index (χ3v) is 4.34. The highest BCUT2D eigenvalue weighted by Gasteiger charge is 2.13. The second kappa shape index (κ2) is 7.07. The van der Waals surface area contributed by atoms with E-state index in [0.29, 0.717) is 24.2 Å². The third-order valence-electron chi connectivity index (χ3n) is 3.46. The lowest BCUT2D eigenvalue weighted by Crippen LogP contribution is -2.22. The van der Waals surface area contributed by atoms with Gasteiger partial charge in [0, 0.05) is 23.1 Å². The highest BCUT2D eigenvalue weighted by atomic mass is 32.1. The molecule has 0 aliphatic rings. The Balaban J connectivity index is 1.60. The van der Waals surface area contributed by atoms with Gasteiger partial charge in [-0.2, -0.15) is 0 Å². The Morgan fingerprint density at radius 2 is 1.91 bits per heavy atom. The molecule has 4 nitrogen and oxygen atoms in total. The second-order valence-corrected chi connectivity index (χ2v) is 6.18. The molecule has 23 heavy (non-hydrogen) atoms. The van der Waals surface area contributed by atoms with Crippen LogP contribution in [0.2, 0.25) is 0 Å². The van der Waals surface area contributed by atoms with E-state index in [-0.39, 0.29) is 11.7 Å². The molecule has 5 heteroatoms. The number of thiophene rings is 1. The number of H-pyrrole nitrogens is 1. The van der Waals surface area contributed by atoms with Gasteiger partial charge in [-0.15, -0.1) is 11.3 Å². The predicted octanol–water partition coefficient (Wildman–Crippen LogP) is 3.43. The summed E-state index contributed by atoms with van der Waals surface area (Å²) in [5.74, 6) is -0.220. The van der Waals surface area contributed by atoms with Crippen molar-refractivity contribution in [3.05, 3.63) is 81.8 Å². The van der Waals surface area contributed by atoms with Crippen LogP contribution >= 0.6 is 11.3 Å². The lowest BCUT2D eigenvalue weighted by atomic mass is 10.1. The maximum atomic E-state index is 12.2. The minimum Gasteiger partial charge on any atom is -0.356 e. The fourth-order valence-electron chi connectivity index (χ4n) is 2.25. The SMILES string of the molecule is O=C(Cc1ccccc1)c1c[nH]c(C(=O)NCc2cccs2)c1. The molecule has 0 saturated heterocycles. The van der Waals surface area contributed by atoms with Crippen LogP contribution in [-0.4, -0.2) is 16.7 Å². The molecule has 0 bridgehead atoms. The van der Waals surface area contributed by atoms with E-state index >= 15 is 0 Å². The first-order chi connectivity index (χ1) is 11.2. The van der Waals surface area contributed by atoms with Crippen molar-refractivity contribution in [3.63, 3.8) is 0 Å². The molecule has 0 fully saturated rings. The van der Waals surface area contributed by atoms with Crippen molar-refractivity contribution >= 4 is 23.0 Å². The lowest BCUT2D eigenvalue weighted by Gasteiger charge is -2.01. The average Bonchev–Trinajstić information content (AvgIpc) is 3.25. The number of carbonyl (C=O) groups excluding carboxylic acids is 2. The van der Waals surface area contributed by atoms with Crippen molar-refractivity contribution in [3.8, 4) is 0 Å². The number of Topliss-reactive ketones (excluding diaryl/α,β-unsaturated/α-hetero) is 1. The minimum absolute atomic E-state index is 0.00948. The summed E-state index contributed by atoms with van der Waals surface area (Å²) in [6.45, 7) is 0.489. The topological polar surface area (TPSA) is 62.0 Å². The van der Waals surface area contributed by atoms with Crippen molar-refractivity contribution in [1.82, 2.24) is 10.3 Å². The van der Waals surface area contributed by atoms with Crippen molar-refractivity contribution in [1.29, 1.82) is 0 Å². The van der Waals surface area contributed by atoms with E-state index in [1.54, 1.807) is 23.6 Å². The number of hydrogen-bond acceptors (Lipinski definition) is 3. The van der Waals surface area contributed by atoms with Gasteiger partial charge < -0.3 is 10.3 Å². The number of ketones is 1. The van der Waals surface area contributed by atoms with Crippen LogP contribution in [-0.2, 0) is 13.0 Å². The minimum atomic E-state index is -0.211. The normalized spacial score (nSPS) is 10.4. The molecule has 2 heterocycles. The summed E-state index contributed by atoms with van der Waals surface area (Å²) >= 11 is 1.59. The highest BCUT2D eigenvalue weighted by molar-refractivity contribution is 7.09. The molecule has 0 atom stereocenters. The summed E-state index contributed by atoms with van der Waals surface area (Å²) in [6.07, 6.45) is 1.92. The number of rotatable bonds is 6. The quantitative estimate of drug-likeness (QED) is 0.682. The summed E-state index contributed by atoms with van der Waals surface area (Å²) in [5, 5.41) is 4.80. The van der Waals surface area contributed by atoms with Gasteiger partial charge in [-0.3, -0.25) is 9.59 Å². The van der Waals surface area contributed by atoms with Gasteiger partial charge in [0.1, 0.15) is 5.69 Å². The van der Waals surface area contributed by atoms with Crippen LogP contribution in [0.3, 0.4) is 0 Å². The Bertz CT molecular complexity index is 792. The average molecular weight is 324 g/mol. The van der Waals surface area contributed by atoms with Gasteiger partial charge in [0.15, 0.2) is 5.78 Å². The second-order valence-electron chi connectivity index (χ2n) is 5.15. The number of hydrogen-bond donors (Lipinski definition) is 2. The molecule has 1 amide bonds. The van der Waals surface area contributed by atoms with Crippen LogP contribution in [0, 0.1) is 0 Å². The van der Waals surface area contributed by atoms with Crippen molar-refractivity contribution in [2.24, 2.45) is 0 Å². The van der Waals surface area contributed by atoms with E-state index in [9.17, 15) is 9.59 Å². The molecular weight excluding hydrogens is 308 g/mol. The van der Waals surface area contributed by atoms with E-state index < -0.39 is 0 Å². The Morgan fingerprint density at radius 1 is 1.09 bits per heavy atom. The molecular formula is C18H16N2O2S. The molecule has 0 unspecified atom stereocenters. The molecule has 116 valence electrons. The highest BCUT2D eigenvalue weighted by Crippen LogP contribution is 2.11. The van der Waals surface area contributed by atoms with E-state index in [0.717, 1.165) is 10.4 Å². The third kappa shape index (κ3) is 3.96. The van der Waals surface area contributed by atoms with Crippen LogP contribution in [0.5, 0.6) is 0 Å². The van der Waals surface area contributed by atoms with Crippen LogP contribution in [0.4, 0.5) is 0 Å². The maximum absolute atomic E-state index is 12.2. The van der Waals surface area contributed by atoms with Crippen LogP contribution in [0.15, 0.2) is 60.1 Å². The first-order valence-electron chi connectivity index (χ1n) is 7.28. The zero-order valence-corrected chi connectivity index (χ0v) is 13.2. The first kappa shape index (κ1) is 15.2. The van der Waals surface area contributed by atoms with E-state index in [1.165, 1.54) is 0 Å². The molecule has 0 aliphatic carbocycles. The summed E-state index contributed by atoms with van der Waals surface area (Å²) in [5.41, 5.74) is 1.88. The number of benzene rings is 1. The van der Waals surface area contributed by atoms with E-state index in [1.807, 2.05) is 47.8 Å². The van der Waals surface area contributed by atoms with E-state index in [2.05, 4.69) is 10.3 Å². The molecule has 3 rings (SSSR count). The van der Waals surface area contributed by atoms with Gasteiger partial charge in [-0.25, -0.2) is 0 Å². The number of amides is 1. The van der Waals surface area contributed by atoms with Gasteiger partial charge in [0.25, 0.3) is 5.91 Å². The van der Waals surface area contributed by atoms with Gasteiger partial charge in [-0.05, 0) is 23.1 Å². The molecule has 2 N–H and O–H groups in total. The maximum Gasteiger partial charge on any atom is 0.268 e. The largest absolute Gasteiger partial charge is 0.356 e. The molecule has 0 saturated carbocycles. The monoisotopic (exact) mass is 324 g/mol. The van der Waals surface area contributed by atoms with Gasteiger partial charge >= 0.3 is 0 Å². The smallest absolute Gasteiger partial charge is 0.268 e. The van der Waals surface area contributed by atoms with Crippen LogP contribution in [0.25, 0.3) is 0 Å².